The SMILES string of the molecule is NCC(NC(=O)C1CCN(c2nc3ccccc3o2)CC1)C1CC1. The topological polar surface area (TPSA) is 84.4 Å². The van der Waals surface area contributed by atoms with Crippen LogP contribution in [-0.4, -0.2) is 36.6 Å². The van der Waals surface area contributed by atoms with Crippen LogP contribution in [0.2, 0.25) is 0 Å². The number of aromatic nitrogens is 1. The maximum Gasteiger partial charge on any atom is 0.298 e. The van der Waals surface area contributed by atoms with Gasteiger partial charge in [-0.2, -0.15) is 4.98 Å². The summed E-state index contributed by atoms with van der Waals surface area (Å²) in [5.41, 5.74) is 7.47. The lowest BCUT2D eigenvalue weighted by molar-refractivity contribution is -0.126. The van der Waals surface area contributed by atoms with Crippen LogP contribution in [0.25, 0.3) is 11.1 Å². The number of nitrogens with one attached hydrogen (secondary N) is 1. The maximum atomic E-state index is 12.5. The molecule has 1 aliphatic carbocycles. The molecule has 1 aromatic heterocycles. The number of anilines is 1. The number of rotatable bonds is 5. The zero-order chi connectivity index (χ0) is 16.5. The molecule has 4 rings (SSSR count). The number of benzene rings is 1. The standard InChI is InChI=1S/C18H24N4O2/c19-11-15(12-5-6-12)20-17(23)13-7-9-22(10-8-13)18-21-14-3-1-2-4-16(14)24-18/h1-4,12-13,15H,5-11,19H2,(H,20,23). The number of carbonyl (C=O) groups excluding carboxylic acids is 1. The summed E-state index contributed by atoms with van der Waals surface area (Å²) in [6.45, 7) is 2.13. The van der Waals surface area contributed by atoms with E-state index in [0.29, 0.717) is 18.5 Å². The molecule has 3 N–H and O–H groups in total. The van der Waals surface area contributed by atoms with E-state index in [9.17, 15) is 4.79 Å². The number of nitrogens with two attached hydrogens (primary N) is 1. The fourth-order valence-corrected chi connectivity index (χ4v) is 3.50. The van der Waals surface area contributed by atoms with Crippen molar-refractivity contribution in [2.75, 3.05) is 24.5 Å². The van der Waals surface area contributed by atoms with Gasteiger partial charge in [0.25, 0.3) is 6.01 Å². The molecule has 0 radical (unpaired) electrons. The van der Waals surface area contributed by atoms with Gasteiger partial charge in [0.1, 0.15) is 5.52 Å². The van der Waals surface area contributed by atoms with E-state index in [4.69, 9.17) is 10.2 Å². The molecular weight excluding hydrogens is 304 g/mol. The first-order valence-corrected chi connectivity index (χ1v) is 8.85. The van der Waals surface area contributed by atoms with Gasteiger partial charge in [-0.1, -0.05) is 12.1 Å². The quantitative estimate of drug-likeness (QED) is 0.876. The Balaban J connectivity index is 1.35. The number of nitrogens with zero attached hydrogens (tertiary/aromatic N) is 2. The summed E-state index contributed by atoms with van der Waals surface area (Å²) in [6, 6.07) is 8.60. The summed E-state index contributed by atoms with van der Waals surface area (Å²) in [7, 11) is 0. The highest BCUT2D eigenvalue weighted by molar-refractivity contribution is 5.79. The van der Waals surface area contributed by atoms with Crippen LogP contribution in [0.15, 0.2) is 28.7 Å². The molecule has 2 aromatic rings. The molecule has 0 spiro atoms. The molecule has 1 amide bonds. The van der Waals surface area contributed by atoms with Gasteiger partial charge in [0.2, 0.25) is 5.91 Å². The smallest absolute Gasteiger partial charge is 0.298 e. The third-order valence-electron chi connectivity index (χ3n) is 5.19. The van der Waals surface area contributed by atoms with E-state index < -0.39 is 0 Å². The number of hydrogen-bond donors (Lipinski definition) is 2. The van der Waals surface area contributed by atoms with Gasteiger partial charge in [0.15, 0.2) is 5.58 Å². The Hall–Kier alpha value is -2.08. The van der Waals surface area contributed by atoms with Crippen LogP contribution in [0.4, 0.5) is 6.01 Å². The minimum atomic E-state index is 0.0680. The number of para-hydroxylation sites is 2. The van der Waals surface area contributed by atoms with Gasteiger partial charge in [-0.3, -0.25) is 4.79 Å². The largest absolute Gasteiger partial charge is 0.423 e. The van der Waals surface area contributed by atoms with Crippen molar-refractivity contribution in [2.45, 2.75) is 31.7 Å². The van der Waals surface area contributed by atoms with Crippen LogP contribution in [-0.2, 0) is 4.79 Å². The molecular formula is C18H24N4O2. The highest BCUT2D eigenvalue weighted by Crippen LogP contribution is 2.33. The van der Waals surface area contributed by atoms with Gasteiger partial charge >= 0.3 is 0 Å². The van der Waals surface area contributed by atoms with Crippen molar-refractivity contribution < 1.29 is 9.21 Å². The van der Waals surface area contributed by atoms with Crippen molar-refractivity contribution in [3.05, 3.63) is 24.3 Å². The first-order valence-electron chi connectivity index (χ1n) is 8.85. The van der Waals surface area contributed by atoms with E-state index in [-0.39, 0.29) is 17.9 Å². The highest BCUT2D eigenvalue weighted by atomic mass is 16.4. The lowest BCUT2D eigenvalue weighted by Crippen LogP contribution is -2.47. The molecule has 1 saturated carbocycles. The van der Waals surface area contributed by atoms with Crippen LogP contribution in [0.1, 0.15) is 25.7 Å². The van der Waals surface area contributed by atoms with Crippen LogP contribution in [0, 0.1) is 11.8 Å². The molecule has 1 aromatic carbocycles. The Morgan fingerprint density at radius 2 is 2.04 bits per heavy atom. The minimum absolute atomic E-state index is 0.0680. The minimum Gasteiger partial charge on any atom is -0.423 e. The molecule has 2 heterocycles. The fourth-order valence-electron chi connectivity index (χ4n) is 3.50. The highest BCUT2D eigenvalue weighted by Gasteiger charge is 2.34. The van der Waals surface area contributed by atoms with Crippen LogP contribution < -0.4 is 16.0 Å². The molecule has 6 heteroatoms. The van der Waals surface area contributed by atoms with E-state index in [1.807, 2.05) is 24.3 Å². The zero-order valence-corrected chi connectivity index (χ0v) is 13.8. The fraction of sp³-hybridized carbons (Fsp3) is 0.556. The summed E-state index contributed by atoms with van der Waals surface area (Å²) in [4.78, 5) is 19.1. The monoisotopic (exact) mass is 328 g/mol. The number of fused-ring (bicyclic) bond motifs is 1. The average molecular weight is 328 g/mol. The Labute approximate surface area is 141 Å². The summed E-state index contributed by atoms with van der Waals surface area (Å²) in [5.74, 6) is 0.826. The molecule has 2 aliphatic rings. The van der Waals surface area contributed by atoms with E-state index in [2.05, 4.69) is 15.2 Å². The first-order chi connectivity index (χ1) is 11.7. The lowest BCUT2D eigenvalue weighted by atomic mass is 9.95. The Bertz CT molecular complexity index is 684. The zero-order valence-electron chi connectivity index (χ0n) is 13.8. The summed E-state index contributed by atoms with van der Waals surface area (Å²) >= 11 is 0. The Morgan fingerprint density at radius 3 is 2.71 bits per heavy atom. The third-order valence-corrected chi connectivity index (χ3v) is 5.19. The van der Waals surface area contributed by atoms with Gasteiger partial charge in [-0.05, 0) is 43.7 Å². The Morgan fingerprint density at radius 1 is 1.29 bits per heavy atom. The first kappa shape index (κ1) is 15.4. The van der Waals surface area contributed by atoms with Crippen molar-refractivity contribution in [3.63, 3.8) is 0 Å². The van der Waals surface area contributed by atoms with Crippen molar-refractivity contribution in [3.8, 4) is 0 Å². The van der Waals surface area contributed by atoms with Gasteiger partial charge in [-0.15, -0.1) is 0 Å². The summed E-state index contributed by atoms with van der Waals surface area (Å²) in [5, 5.41) is 3.15. The predicted molar refractivity (Wildman–Crippen MR) is 92.7 cm³/mol. The van der Waals surface area contributed by atoms with Crippen LogP contribution in [0.5, 0.6) is 0 Å². The number of carbonyl (C=O) groups is 1. The summed E-state index contributed by atoms with van der Waals surface area (Å²) < 4.78 is 5.82. The lowest BCUT2D eigenvalue weighted by Gasteiger charge is -2.31. The molecule has 1 aliphatic heterocycles. The number of oxazole rings is 1. The number of piperidine rings is 1. The average Bonchev–Trinajstić information content (AvgIpc) is 3.37. The third kappa shape index (κ3) is 3.11. The Kier molecular flexibility index (Phi) is 4.14. The van der Waals surface area contributed by atoms with Gasteiger partial charge in [0, 0.05) is 31.6 Å². The normalized spacial score (nSPS) is 20.3. The molecule has 1 atom stereocenters. The molecule has 2 fully saturated rings. The van der Waals surface area contributed by atoms with E-state index in [0.717, 1.165) is 37.0 Å². The summed E-state index contributed by atoms with van der Waals surface area (Å²) in [6.07, 6.45) is 4.04. The second kappa shape index (κ2) is 6.43. The second-order valence-corrected chi connectivity index (χ2v) is 6.91. The van der Waals surface area contributed by atoms with Crippen molar-refractivity contribution >= 4 is 23.0 Å². The van der Waals surface area contributed by atoms with Crippen LogP contribution >= 0.6 is 0 Å². The second-order valence-electron chi connectivity index (χ2n) is 6.91. The van der Waals surface area contributed by atoms with E-state index in [1.54, 1.807) is 0 Å². The molecule has 1 unspecified atom stereocenters. The maximum absolute atomic E-state index is 12.5. The van der Waals surface area contributed by atoms with Crippen molar-refractivity contribution in [2.24, 2.45) is 17.6 Å². The van der Waals surface area contributed by atoms with E-state index >= 15 is 0 Å². The molecule has 1 saturated heterocycles. The van der Waals surface area contributed by atoms with Crippen LogP contribution in [0.3, 0.4) is 0 Å². The van der Waals surface area contributed by atoms with Gasteiger partial charge < -0.3 is 20.4 Å². The predicted octanol–water partition coefficient (Wildman–Crippen LogP) is 1.90. The van der Waals surface area contributed by atoms with Gasteiger partial charge in [-0.25, -0.2) is 0 Å². The van der Waals surface area contributed by atoms with Gasteiger partial charge in [0.05, 0.1) is 0 Å². The molecule has 128 valence electrons. The molecule has 24 heavy (non-hydrogen) atoms. The molecule has 0 bridgehead atoms. The molecule has 6 nitrogen and oxygen atoms in total. The van der Waals surface area contributed by atoms with Crippen molar-refractivity contribution in [1.82, 2.24) is 10.3 Å². The number of amides is 1. The van der Waals surface area contributed by atoms with Crippen molar-refractivity contribution in [1.29, 1.82) is 0 Å². The van der Waals surface area contributed by atoms with E-state index in [1.165, 1.54) is 12.8 Å². The number of hydrogen-bond acceptors (Lipinski definition) is 5.